The minimum atomic E-state index is -3.27. The molecule has 66 valence electrons. The topological polar surface area (TPSA) is 113 Å². The molecule has 5 N–H and O–H groups in total. The van der Waals surface area contributed by atoms with Crippen LogP contribution in [0, 0.1) is 0 Å². The first-order chi connectivity index (χ1) is 4.75. The van der Waals surface area contributed by atoms with Gasteiger partial charge in [-0.15, -0.1) is 0 Å². The SMILES string of the molecule is COC(C)(C(N)=O)C(O)(O)O. The number of aliphatic hydroxyl groups is 3. The van der Waals surface area contributed by atoms with Crippen LogP contribution in [-0.4, -0.2) is 39.9 Å². The highest BCUT2D eigenvalue weighted by atomic mass is 16.7. The molecule has 6 nitrogen and oxygen atoms in total. The molecule has 0 bridgehead atoms. The van der Waals surface area contributed by atoms with E-state index < -0.39 is 17.5 Å². The van der Waals surface area contributed by atoms with Crippen LogP contribution in [0.4, 0.5) is 0 Å². The maximum atomic E-state index is 10.5. The monoisotopic (exact) mass is 165 g/mol. The summed E-state index contributed by atoms with van der Waals surface area (Å²) in [6.07, 6.45) is 0. The number of hydrogen-bond acceptors (Lipinski definition) is 5. The van der Waals surface area contributed by atoms with Crippen molar-refractivity contribution in [3.8, 4) is 0 Å². The van der Waals surface area contributed by atoms with Crippen LogP contribution in [0.1, 0.15) is 6.92 Å². The number of nitrogens with two attached hydrogens (primary N) is 1. The highest BCUT2D eigenvalue weighted by molar-refractivity contribution is 5.83. The number of amides is 1. The molecule has 0 heterocycles. The van der Waals surface area contributed by atoms with Crippen molar-refractivity contribution in [1.29, 1.82) is 0 Å². The molecule has 0 aliphatic carbocycles. The Labute approximate surface area is 63.2 Å². The quantitative estimate of drug-likeness (QED) is 0.345. The van der Waals surface area contributed by atoms with Gasteiger partial charge >= 0.3 is 5.97 Å². The van der Waals surface area contributed by atoms with E-state index in [0.717, 1.165) is 14.0 Å². The van der Waals surface area contributed by atoms with Crippen LogP contribution in [0.3, 0.4) is 0 Å². The molecule has 0 radical (unpaired) electrons. The molecule has 1 unspecified atom stereocenters. The maximum Gasteiger partial charge on any atom is 0.315 e. The number of methoxy groups -OCH3 is 1. The van der Waals surface area contributed by atoms with E-state index in [4.69, 9.17) is 21.1 Å². The molecular formula is C5H11NO5. The second-order valence-corrected chi connectivity index (χ2v) is 2.24. The van der Waals surface area contributed by atoms with Crippen LogP contribution in [0.15, 0.2) is 0 Å². The van der Waals surface area contributed by atoms with E-state index in [2.05, 4.69) is 4.74 Å². The standard InChI is InChI=1S/C5H11NO5/c1-4(11-2,3(6)7)5(8,9)10/h8-10H,1-2H3,(H2,6,7). The summed E-state index contributed by atoms with van der Waals surface area (Å²) in [6, 6.07) is 0. The molecule has 0 aliphatic heterocycles. The smallest absolute Gasteiger partial charge is 0.315 e. The summed E-state index contributed by atoms with van der Waals surface area (Å²) >= 11 is 0. The van der Waals surface area contributed by atoms with Gasteiger partial charge in [0.05, 0.1) is 0 Å². The zero-order valence-corrected chi connectivity index (χ0v) is 6.24. The van der Waals surface area contributed by atoms with Crippen LogP contribution in [0.5, 0.6) is 0 Å². The Balaban J connectivity index is 4.75. The molecule has 0 saturated heterocycles. The van der Waals surface area contributed by atoms with E-state index in [-0.39, 0.29) is 0 Å². The van der Waals surface area contributed by atoms with Crippen molar-refractivity contribution in [2.45, 2.75) is 18.5 Å². The molecule has 0 saturated carbocycles. The van der Waals surface area contributed by atoms with Gasteiger partial charge in [0.2, 0.25) is 5.60 Å². The molecule has 1 amide bonds. The summed E-state index contributed by atoms with van der Waals surface area (Å²) < 4.78 is 4.34. The molecule has 0 rings (SSSR count). The van der Waals surface area contributed by atoms with E-state index in [1.165, 1.54) is 0 Å². The number of hydrogen-bond donors (Lipinski definition) is 4. The molecule has 11 heavy (non-hydrogen) atoms. The van der Waals surface area contributed by atoms with E-state index >= 15 is 0 Å². The lowest BCUT2D eigenvalue weighted by atomic mass is 10.0. The van der Waals surface area contributed by atoms with Crippen molar-refractivity contribution < 1.29 is 24.9 Å². The fourth-order valence-electron chi connectivity index (χ4n) is 0.403. The largest absolute Gasteiger partial charge is 0.367 e. The normalized spacial score (nSPS) is 17.5. The molecule has 0 aliphatic rings. The average molecular weight is 165 g/mol. The third kappa shape index (κ3) is 1.66. The van der Waals surface area contributed by atoms with Gasteiger partial charge in [0.1, 0.15) is 0 Å². The Bertz CT molecular complexity index is 163. The Morgan fingerprint density at radius 2 is 1.82 bits per heavy atom. The molecule has 1 atom stereocenters. The van der Waals surface area contributed by atoms with Crippen molar-refractivity contribution in [2.75, 3.05) is 7.11 Å². The Morgan fingerprint density at radius 3 is 1.82 bits per heavy atom. The summed E-state index contributed by atoms with van der Waals surface area (Å²) in [5.41, 5.74) is 2.51. The minimum absolute atomic E-state index is 0.954. The third-order valence-electron chi connectivity index (χ3n) is 1.52. The van der Waals surface area contributed by atoms with Gasteiger partial charge in [-0.05, 0) is 6.92 Å². The highest BCUT2D eigenvalue weighted by Gasteiger charge is 2.50. The number of primary amides is 1. The first-order valence-electron chi connectivity index (χ1n) is 2.78. The van der Waals surface area contributed by atoms with Crippen LogP contribution in [-0.2, 0) is 9.53 Å². The lowest BCUT2D eigenvalue weighted by Gasteiger charge is -2.31. The zero-order valence-electron chi connectivity index (χ0n) is 6.24. The molecule has 0 aromatic rings. The number of carbonyl (C=O) groups excluding carboxylic acids is 1. The fraction of sp³-hybridized carbons (Fsp3) is 0.800. The lowest BCUT2D eigenvalue weighted by molar-refractivity contribution is -0.378. The van der Waals surface area contributed by atoms with Crippen molar-refractivity contribution in [3.63, 3.8) is 0 Å². The Morgan fingerprint density at radius 1 is 1.45 bits per heavy atom. The summed E-state index contributed by atoms with van der Waals surface area (Å²) in [6.45, 7) is 0.954. The minimum Gasteiger partial charge on any atom is -0.367 e. The first kappa shape index (κ1) is 10.3. The Kier molecular flexibility index (Phi) is 2.57. The first-order valence-corrected chi connectivity index (χ1v) is 2.78. The fourth-order valence-corrected chi connectivity index (χ4v) is 0.403. The summed E-state index contributed by atoms with van der Waals surface area (Å²) in [7, 11) is 1.02. The number of carbonyl (C=O) groups is 1. The van der Waals surface area contributed by atoms with Gasteiger partial charge in [-0.1, -0.05) is 0 Å². The predicted octanol–water partition coefficient (Wildman–Crippen LogP) is -2.49. The number of rotatable bonds is 3. The van der Waals surface area contributed by atoms with Crippen LogP contribution >= 0.6 is 0 Å². The maximum absolute atomic E-state index is 10.5. The van der Waals surface area contributed by atoms with Crippen molar-refractivity contribution in [2.24, 2.45) is 5.73 Å². The molecule has 0 aromatic carbocycles. The van der Waals surface area contributed by atoms with Gasteiger partial charge in [-0.25, -0.2) is 0 Å². The second-order valence-electron chi connectivity index (χ2n) is 2.24. The van der Waals surface area contributed by atoms with E-state index in [1.54, 1.807) is 0 Å². The number of ether oxygens (including phenoxy) is 1. The van der Waals surface area contributed by atoms with E-state index in [1.807, 2.05) is 0 Å². The predicted molar refractivity (Wildman–Crippen MR) is 34.0 cm³/mol. The summed E-state index contributed by atoms with van der Waals surface area (Å²) in [5.74, 6) is -4.44. The van der Waals surface area contributed by atoms with Gasteiger partial charge in [-0.2, -0.15) is 0 Å². The highest BCUT2D eigenvalue weighted by Crippen LogP contribution is 2.19. The van der Waals surface area contributed by atoms with E-state index in [0.29, 0.717) is 0 Å². The van der Waals surface area contributed by atoms with Crippen molar-refractivity contribution in [1.82, 2.24) is 0 Å². The van der Waals surface area contributed by atoms with Crippen LogP contribution in [0.25, 0.3) is 0 Å². The summed E-state index contributed by atoms with van der Waals surface area (Å²) in [4.78, 5) is 10.5. The molecular weight excluding hydrogens is 154 g/mol. The second kappa shape index (κ2) is 2.74. The molecule has 0 aromatic heterocycles. The van der Waals surface area contributed by atoms with Gasteiger partial charge in [0.15, 0.2) is 0 Å². The van der Waals surface area contributed by atoms with Crippen LogP contribution in [0.2, 0.25) is 0 Å². The lowest BCUT2D eigenvalue weighted by Crippen LogP contribution is -2.61. The molecule has 0 spiro atoms. The molecule has 6 heteroatoms. The van der Waals surface area contributed by atoms with E-state index in [9.17, 15) is 4.79 Å². The third-order valence-corrected chi connectivity index (χ3v) is 1.52. The van der Waals surface area contributed by atoms with Crippen LogP contribution < -0.4 is 5.73 Å². The van der Waals surface area contributed by atoms with Gasteiger partial charge in [0, 0.05) is 7.11 Å². The van der Waals surface area contributed by atoms with Crippen molar-refractivity contribution in [3.05, 3.63) is 0 Å². The molecule has 0 fully saturated rings. The van der Waals surface area contributed by atoms with Gasteiger partial charge in [0.25, 0.3) is 5.91 Å². The Hall–Kier alpha value is -0.690. The average Bonchev–Trinajstić information content (AvgIpc) is 1.83. The van der Waals surface area contributed by atoms with Crippen molar-refractivity contribution >= 4 is 5.91 Å². The summed E-state index contributed by atoms with van der Waals surface area (Å²) in [5, 5.41) is 25.8. The van der Waals surface area contributed by atoms with Gasteiger partial charge < -0.3 is 25.8 Å². The zero-order chi connectivity index (χ0) is 9.28. The van der Waals surface area contributed by atoms with Gasteiger partial charge in [-0.3, -0.25) is 4.79 Å².